The zero-order valence-electron chi connectivity index (χ0n) is 12.1. The van der Waals surface area contributed by atoms with E-state index in [4.69, 9.17) is 9.47 Å². The summed E-state index contributed by atoms with van der Waals surface area (Å²) in [6.45, 7) is 7.39. The van der Waals surface area contributed by atoms with E-state index in [1.54, 1.807) is 0 Å². The number of hydrogen-bond acceptors (Lipinski definition) is 3. The SMILES string of the molecule is CCOC(OCC)[NH+](C)C[C@H]1CNc2ccccc21. The second-order valence-corrected chi connectivity index (χ2v) is 4.96. The number of nitrogens with one attached hydrogen (secondary N) is 2. The summed E-state index contributed by atoms with van der Waals surface area (Å²) in [5, 5.41) is 3.46. The van der Waals surface area contributed by atoms with Crippen LogP contribution in [0.1, 0.15) is 25.3 Å². The van der Waals surface area contributed by atoms with Crippen molar-refractivity contribution < 1.29 is 14.4 Å². The van der Waals surface area contributed by atoms with Crippen LogP contribution in [-0.2, 0) is 9.47 Å². The number of ether oxygens (including phenoxy) is 2. The molecule has 2 N–H and O–H groups in total. The predicted octanol–water partition coefficient (Wildman–Crippen LogP) is 1.07. The Morgan fingerprint density at radius 2 is 1.95 bits per heavy atom. The van der Waals surface area contributed by atoms with E-state index < -0.39 is 0 Å². The molecule has 1 heterocycles. The van der Waals surface area contributed by atoms with Gasteiger partial charge < -0.3 is 14.8 Å². The quantitative estimate of drug-likeness (QED) is 0.724. The lowest BCUT2D eigenvalue weighted by Crippen LogP contribution is -3.14. The van der Waals surface area contributed by atoms with Crippen molar-refractivity contribution in [3.05, 3.63) is 29.8 Å². The molecule has 1 unspecified atom stereocenters. The van der Waals surface area contributed by atoms with Gasteiger partial charge in [-0.3, -0.25) is 4.90 Å². The first-order valence-electron chi connectivity index (χ1n) is 7.14. The molecule has 19 heavy (non-hydrogen) atoms. The molecule has 4 heteroatoms. The first kappa shape index (κ1) is 14.3. The topological polar surface area (TPSA) is 34.9 Å². The van der Waals surface area contributed by atoms with Crippen LogP contribution in [0.2, 0.25) is 0 Å². The highest BCUT2D eigenvalue weighted by molar-refractivity contribution is 5.57. The van der Waals surface area contributed by atoms with Crippen molar-refractivity contribution in [1.29, 1.82) is 0 Å². The lowest BCUT2D eigenvalue weighted by molar-refractivity contribution is -0.957. The molecule has 1 aromatic carbocycles. The predicted molar refractivity (Wildman–Crippen MR) is 76.5 cm³/mol. The van der Waals surface area contributed by atoms with Gasteiger partial charge in [0.25, 0.3) is 0 Å². The number of anilines is 1. The second kappa shape index (κ2) is 6.89. The first-order valence-corrected chi connectivity index (χ1v) is 7.14. The van der Waals surface area contributed by atoms with Crippen molar-refractivity contribution >= 4 is 5.69 Å². The van der Waals surface area contributed by atoms with Crippen LogP contribution in [0.4, 0.5) is 5.69 Å². The molecule has 1 aliphatic heterocycles. The molecule has 0 aromatic heterocycles. The summed E-state index contributed by atoms with van der Waals surface area (Å²) in [7, 11) is 2.14. The third-order valence-electron chi connectivity index (χ3n) is 3.55. The van der Waals surface area contributed by atoms with Crippen LogP contribution in [0, 0.1) is 0 Å². The maximum atomic E-state index is 5.66. The third kappa shape index (κ3) is 3.47. The Labute approximate surface area is 115 Å². The highest BCUT2D eigenvalue weighted by atomic mass is 16.7. The molecular formula is C15H25N2O2+. The molecular weight excluding hydrogens is 240 g/mol. The highest BCUT2D eigenvalue weighted by Crippen LogP contribution is 2.29. The van der Waals surface area contributed by atoms with Crippen LogP contribution in [0.3, 0.4) is 0 Å². The van der Waals surface area contributed by atoms with Gasteiger partial charge in [0, 0.05) is 12.2 Å². The normalized spacial score (nSPS) is 19.3. The van der Waals surface area contributed by atoms with E-state index in [1.165, 1.54) is 16.2 Å². The minimum atomic E-state index is -0.164. The standard InChI is InChI=1S/C15H24N2O2/c1-4-18-15(19-5-2)17(3)11-12-10-16-14-9-7-6-8-13(12)14/h6-9,12,15-16H,4-5,10-11H2,1-3H3/p+1/t12-/m1/s1. The van der Waals surface area contributed by atoms with Gasteiger partial charge in [-0.05, 0) is 25.5 Å². The maximum Gasteiger partial charge on any atom is 0.307 e. The summed E-state index contributed by atoms with van der Waals surface area (Å²) >= 11 is 0. The molecule has 0 fully saturated rings. The molecule has 0 aliphatic carbocycles. The zero-order chi connectivity index (χ0) is 13.7. The fourth-order valence-electron chi connectivity index (χ4n) is 2.66. The molecule has 1 aliphatic rings. The zero-order valence-corrected chi connectivity index (χ0v) is 12.1. The van der Waals surface area contributed by atoms with Crippen molar-refractivity contribution in [3.63, 3.8) is 0 Å². The number of para-hydroxylation sites is 1. The largest absolute Gasteiger partial charge is 0.384 e. The van der Waals surface area contributed by atoms with Crippen LogP contribution >= 0.6 is 0 Å². The van der Waals surface area contributed by atoms with Crippen LogP contribution in [0.15, 0.2) is 24.3 Å². The number of quaternary nitrogens is 1. The van der Waals surface area contributed by atoms with Crippen molar-refractivity contribution in [2.45, 2.75) is 26.2 Å². The monoisotopic (exact) mass is 265 g/mol. The second-order valence-electron chi connectivity index (χ2n) is 4.96. The summed E-state index contributed by atoms with van der Waals surface area (Å²) < 4.78 is 11.3. The van der Waals surface area contributed by atoms with Crippen LogP contribution in [0.25, 0.3) is 0 Å². The molecule has 106 valence electrons. The van der Waals surface area contributed by atoms with Crippen molar-refractivity contribution in [1.82, 2.24) is 0 Å². The van der Waals surface area contributed by atoms with Gasteiger partial charge in [-0.25, -0.2) is 0 Å². The third-order valence-corrected chi connectivity index (χ3v) is 3.55. The Hall–Kier alpha value is -1.10. The van der Waals surface area contributed by atoms with E-state index >= 15 is 0 Å². The molecule has 4 nitrogen and oxygen atoms in total. The van der Waals surface area contributed by atoms with Gasteiger partial charge in [-0.1, -0.05) is 18.2 Å². The van der Waals surface area contributed by atoms with Gasteiger partial charge in [0.1, 0.15) is 0 Å². The van der Waals surface area contributed by atoms with Gasteiger partial charge in [0.15, 0.2) is 0 Å². The molecule has 1 aromatic rings. The molecule has 2 rings (SSSR count). The minimum absolute atomic E-state index is 0.164. The van der Waals surface area contributed by atoms with Gasteiger partial charge in [-0.2, -0.15) is 0 Å². The molecule has 2 atom stereocenters. The highest BCUT2D eigenvalue weighted by Gasteiger charge is 2.28. The fourth-order valence-corrected chi connectivity index (χ4v) is 2.66. The minimum Gasteiger partial charge on any atom is -0.384 e. The molecule has 0 radical (unpaired) electrons. The van der Waals surface area contributed by atoms with E-state index in [0.29, 0.717) is 19.1 Å². The van der Waals surface area contributed by atoms with Crippen LogP contribution in [-0.4, -0.2) is 39.8 Å². The summed E-state index contributed by atoms with van der Waals surface area (Å²) in [5.41, 5.74) is 2.68. The number of hydrogen-bond donors (Lipinski definition) is 2. The molecule has 0 saturated carbocycles. The Morgan fingerprint density at radius 1 is 1.26 bits per heavy atom. The maximum absolute atomic E-state index is 5.66. The Kier molecular flexibility index (Phi) is 5.19. The molecule has 0 saturated heterocycles. The average Bonchev–Trinajstić information content (AvgIpc) is 2.82. The van der Waals surface area contributed by atoms with Crippen molar-refractivity contribution in [2.24, 2.45) is 0 Å². The number of rotatable bonds is 7. The number of likely N-dealkylation sites (N-methyl/N-ethyl adjacent to an activating group) is 1. The smallest absolute Gasteiger partial charge is 0.307 e. The van der Waals surface area contributed by atoms with Crippen LogP contribution < -0.4 is 10.2 Å². The Morgan fingerprint density at radius 3 is 2.63 bits per heavy atom. The van der Waals surface area contributed by atoms with Gasteiger partial charge in [0.2, 0.25) is 0 Å². The lowest BCUT2D eigenvalue weighted by Gasteiger charge is -2.25. The first-order chi connectivity index (χ1) is 9.26. The van der Waals surface area contributed by atoms with E-state index in [-0.39, 0.29) is 6.41 Å². The molecule has 0 amide bonds. The summed E-state index contributed by atoms with van der Waals surface area (Å²) in [4.78, 5) is 1.27. The van der Waals surface area contributed by atoms with Gasteiger partial charge in [-0.15, -0.1) is 0 Å². The van der Waals surface area contributed by atoms with E-state index in [1.807, 2.05) is 13.8 Å². The van der Waals surface area contributed by atoms with E-state index in [2.05, 4.69) is 36.6 Å². The van der Waals surface area contributed by atoms with Crippen molar-refractivity contribution in [2.75, 3.05) is 38.7 Å². The summed E-state index contributed by atoms with van der Waals surface area (Å²) in [6, 6.07) is 8.54. The lowest BCUT2D eigenvalue weighted by atomic mass is 10.0. The van der Waals surface area contributed by atoms with Gasteiger partial charge in [0.05, 0.1) is 32.7 Å². The van der Waals surface area contributed by atoms with E-state index in [9.17, 15) is 0 Å². The summed E-state index contributed by atoms with van der Waals surface area (Å²) in [6.07, 6.45) is -0.164. The Balaban J connectivity index is 1.97. The number of benzene rings is 1. The van der Waals surface area contributed by atoms with Crippen LogP contribution in [0.5, 0.6) is 0 Å². The summed E-state index contributed by atoms with van der Waals surface area (Å²) in [5.74, 6) is 0.527. The van der Waals surface area contributed by atoms with E-state index in [0.717, 1.165) is 13.1 Å². The van der Waals surface area contributed by atoms with Gasteiger partial charge >= 0.3 is 6.41 Å². The number of fused-ring (bicyclic) bond motifs is 1. The average molecular weight is 265 g/mol. The molecule has 0 bridgehead atoms. The Bertz CT molecular complexity index is 391. The van der Waals surface area contributed by atoms with Crippen molar-refractivity contribution in [3.8, 4) is 0 Å². The fraction of sp³-hybridized carbons (Fsp3) is 0.600. The molecule has 0 spiro atoms.